The van der Waals surface area contributed by atoms with Gasteiger partial charge in [0.2, 0.25) is 11.7 Å². The molecule has 5 nitrogen and oxygen atoms in total. The minimum absolute atomic E-state index is 0.0136. The van der Waals surface area contributed by atoms with E-state index in [9.17, 15) is 4.79 Å². The molecule has 2 atom stereocenters. The van der Waals surface area contributed by atoms with E-state index in [-0.39, 0.29) is 17.8 Å². The highest BCUT2D eigenvalue weighted by Crippen LogP contribution is 2.21. The van der Waals surface area contributed by atoms with Gasteiger partial charge >= 0.3 is 0 Å². The molecule has 16 heavy (non-hydrogen) atoms. The molecule has 0 aliphatic heterocycles. The molecule has 0 bridgehead atoms. The Morgan fingerprint density at radius 1 is 1.56 bits per heavy atom. The molecule has 0 saturated carbocycles. The summed E-state index contributed by atoms with van der Waals surface area (Å²) in [6, 6.07) is 0. The SMILES string of the molecule is CCCC(OC)c1noc(C(C)C(C)=O)n1. The van der Waals surface area contributed by atoms with Gasteiger partial charge in [-0.05, 0) is 20.3 Å². The zero-order valence-corrected chi connectivity index (χ0v) is 10.2. The number of carbonyl (C=O) groups is 1. The Kier molecular flexibility index (Phi) is 4.61. The Morgan fingerprint density at radius 3 is 2.75 bits per heavy atom. The van der Waals surface area contributed by atoms with E-state index in [1.807, 2.05) is 0 Å². The molecule has 90 valence electrons. The number of ether oxygens (including phenoxy) is 1. The number of ketones is 1. The molecule has 0 spiro atoms. The minimum Gasteiger partial charge on any atom is -0.373 e. The molecule has 0 saturated heterocycles. The lowest BCUT2D eigenvalue weighted by molar-refractivity contribution is -0.118. The molecular weight excluding hydrogens is 208 g/mol. The van der Waals surface area contributed by atoms with E-state index >= 15 is 0 Å². The summed E-state index contributed by atoms with van der Waals surface area (Å²) in [6.45, 7) is 5.32. The Morgan fingerprint density at radius 2 is 2.25 bits per heavy atom. The molecule has 0 fully saturated rings. The van der Waals surface area contributed by atoms with E-state index in [4.69, 9.17) is 9.26 Å². The van der Waals surface area contributed by atoms with Crippen LogP contribution in [0.3, 0.4) is 0 Å². The number of methoxy groups -OCH3 is 1. The van der Waals surface area contributed by atoms with Crippen molar-refractivity contribution in [3.05, 3.63) is 11.7 Å². The lowest BCUT2D eigenvalue weighted by Crippen LogP contribution is -2.06. The maximum absolute atomic E-state index is 11.2. The van der Waals surface area contributed by atoms with E-state index in [1.54, 1.807) is 14.0 Å². The first-order valence-corrected chi connectivity index (χ1v) is 5.46. The molecule has 0 aliphatic rings. The molecule has 0 amide bonds. The maximum atomic E-state index is 11.2. The van der Waals surface area contributed by atoms with Gasteiger partial charge in [-0.2, -0.15) is 4.98 Å². The van der Waals surface area contributed by atoms with Crippen molar-refractivity contribution in [3.63, 3.8) is 0 Å². The van der Waals surface area contributed by atoms with Crippen LogP contribution in [0.15, 0.2) is 4.52 Å². The highest BCUT2D eigenvalue weighted by Gasteiger charge is 2.22. The summed E-state index contributed by atoms with van der Waals surface area (Å²) in [7, 11) is 1.62. The second-order valence-corrected chi connectivity index (χ2v) is 3.84. The number of hydrogen-bond acceptors (Lipinski definition) is 5. The van der Waals surface area contributed by atoms with Crippen LogP contribution < -0.4 is 0 Å². The smallest absolute Gasteiger partial charge is 0.237 e. The van der Waals surface area contributed by atoms with Crippen LogP contribution >= 0.6 is 0 Å². The van der Waals surface area contributed by atoms with Crippen LogP contribution in [0.5, 0.6) is 0 Å². The third-order valence-electron chi connectivity index (χ3n) is 2.56. The third-order valence-corrected chi connectivity index (χ3v) is 2.56. The van der Waals surface area contributed by atoms with Gasteiger partial charge in [0.1, 0.15) is 11.9 Å². The van der Waals surface area contributed by atoms with Crippen LogP contribution in [-0.4, -0.2) is 23.0 Å². The van der Waals surface area contributed by atoms with Crippen molar-refractivity contribution >= 4 is 5.78 Å². The van der Waals surface area contributed by atoms with Crippen LogP contribution in [0.4, 0.5) is 0 Å². The van der Waals surface area contributed by atoms with Gasteiger partial charge in [0.15, 0.2) is 0 Å². The fourth-order valence-electron chi connectivity index (χ4n) is 1.34. The molecule has 0 radical (unpaired) electrons. The minimum atomic E-state index is -0.347. The molecule has 1 aromatic heterocycles. The van der Waals surface area contributed by atoms with Gasteiger partial charge in [0, 0.05) is 7.11 Å². The molecule has 0 N–H and O–H groups in total. The average molecular weight is 226 g/mol. The van der Waals surface area contributed by atoms with E-state index in [1.165, 1.54) is 6.92 Å². The predicted molar refractivity (Wildman–Crippen MR) is 58.1 cm³/mol. The zero-order valence-electron chi connectivity index (χ0n) is 10.2. The molecule has 5 heteroatoms. The van der Waals surface area contributed by atoms with Gasteiger partial charge in [0.25, 0.3) is 0 Å². The highest BCUT2D eigenvalue weighted by atomic mass is 16.5. The monoisotopic (exact) mass is 226 g/mol. The zero-order chi connectivity index (χ0) is 12.1. The summed E-state index contributed by atoms with van der Waals surface area (Å²) in [5.41, 5.74) is 0. The van der Waals surface area contributed by atoms with Crippen molar-refractivity contribution < 1.29 is 14.1 Å². The van der Waals surface area contributed by atoms with Crippen LogP contribution in [0.2, 0.25) is 0 Å². The second kappa shape index (κ2) is 5.75. The Bertz CT molecular complexity index is 349. The first-order chi connectivity index (χ1) is 7.60. The second-order valence-electron chi connectivity index (χ2n) is 3.84. The molecular formula is C11H18N2O3. The van der Waals surface area contributed by atoms with Gasteiger partial charge in [0.05, 0.1) is 5.92 Å². The van der Waals surface area contributed by atoms with Crippen LogP contribution in [0, 0.1) is 0 Å². The highest BCUT2D eigenvalue weighted by molar-refractivity contribution is 5.81. The number of aromatic nitrogens is 2. The molecule has 2 unspecified atom stereocenters. The first-order valence-electron chi connectivity index (χ1n) is 5.46. The number of hydrogen-bond donors (Lipinski definition) is 0. The van der Waals surface area contributed by atoms with Gasteiger partial charge < -0.3 is 9.26 Å². The van der Waals surface area contributed by atoms with Gasteiger partial charge in [-0.1, -0.05) is 18.5 Å². The first kappa shape index (κ1) is 12.8. The van der Waals surface area contributed by atoms with Crippen molar-refractivity contribution in [2.24, 2.45) is 0 Å². The molecule has 1 heterocycles. The van der Waals surface area contributed by atoms with Crippen molar-refractivity contribution in [2.45, 2.75) is 45.6 Å². The number of nitrogens with zero attached hydrogens (tertiary/aromatic N) is 2. The van der Waals surface area contributed by atoms with E-state index in [0.717, 1.165) is 12.8 Å². The maximum Gasteiger partial charge on any atom is 0.237 e. The normalized spacial score (nSPS) is 14.8. The van der Waals surface area contributed by atoms with Crippen molar-refractivity contribution in [3.8, 4) is 0 Å². The Hall–Kier alpha value is -1.23. The summed E-state index contributed by atoms with van der Waals surface area (Å²) in [5, 5.41) is 3.85. The summed E-state index contributed by atoms with van der Waals surface area (Å²) >= 11 is 0. The Balaban J connectivity index is 2.80. The van der Waals surface area contributed by atoms with Crippen LogP contribution in [-0.2, 0) is 9.53 Å². The predicted octanol–water partition coefficient (Wildman–Crippen LogP) is 2.25. The van der Waals surface area contributed by atoms with Crippen molar-refractivity contribution in [1.29, 1.82) is 0 Å². The van der Waals surface area contributed by atoms with Crippen LogP contribution in [0.1, 0.15) is 57.3 Å². The largest absolute Gasteiger partial charge is 0.373 e. The third kappa shape index (κ3) is 2.88. The van der Waals surface area contributed by atoms with Gasteiger partial charge in [-0.15, -0.1) is 0 Å². The number of carbonyl (C=O) groups excluding carboxylic acids is 1. The van der Waals surface area contributed by atoms with Gasteiger partial charge in [-0.25, -0.2) is 0 Å². The fraction of sp³-hybridized carbons (Fsp3) is 0.727. The number of Topliss-reactive ketones (excluding diaryl/α,β-unsaturated/α-hetero) is 1. The number of rotatable bonds is 6. The van der Waals surface area contributed by atoms with E-state index in [0.29, 0.717) is 11.7 Å². The van der Waals surface area contributed by atoms with Gasteiger partial charge in [-0.3, -0.25) is 4.79 Å². The lowest BCUT2D eigenvalue weighted by Gasteiger charge is -2.08. The molecule has 1 aromatic rings. The summed E-state index contributed by atoms with van der Waals surface area (Å²) in [5.74, 6) is 0.549. The van der Waals surface area contributed by atoms with Crippen LogP contribution in [0.25, 0.3) is 0 Å². The van der Waals surface area contributed by atoms with Crippen molar-refractivity contribution in [2.75, 3.05) is 7.11 Å². The average Bonchev–Trinajstić information content (AvgIpc) is 2.73. The van der Waals surface area contributed by atoms with E-state index in [2.05, 4.69) is 17.1 Å². The summed E-state index contributed by atoms with van der Waals surface area (Å²) in [4.78, 5) is 15.4. The molecule has 0 aromatic carbocycles. The fourth-order valence-corrected chi connectivity index (χ4v) is 1.34. The Labute approximate surface area is 95.2 Å². The summed E-state index contributed by atoms with van der Waals surface area (Å²) < 4.78 is 10.3. The summed E-state index contributed by atoms with van der Waals surface area (Å²) in [6.07, 6.45) is 1.66. The molecule has 1 rings (SSSR count). The van der Waals surface area contributed by atoms with Crippen molar-refractivity contribution in [1.82, 2.24) is 10.1 Å². The molecule has 0 aliphatic carbocycles. The van der Waals surface area contributed by atoms with E-state index < -0.39 is 0 Å². The standard InChI is InChI=1S/C11H18N2O3/c1-5-6-9(15-4)10-12-11(16-13-10)7(2)8(3)14/h7,9H,5-6H2,1-4H3. The quantitative estimate of drug-likeness (QED) is 0.744. The lowest BCUT2D eigenvalue weighted by atomic mass is 10.1. The topological polar surface area (TPSA) is 65.2 Å².